The minimum absolute atomic E-state index is 0. The summed E-state index contributed by atoms with van der Waals surface area (Å²) in [5.41, 5.74) is 0.963. The number of piperidine rings is 1. The summed E-state index contributed by atoms with van der Waals surface area (Å²) in [5, 5.41) is 6.05. The maximum Gasteiger partial charge on any atom is 0.325 e. The number of fused-ring (bicyclic) bond motifs is 2. The summed E-state index contributed by atoms with van der Waals surface area (Å²) in [6.07, 6.45) is 3.20. The van der Waals surface area contributed by atoms with Crippen LogP contribution < -0.4 is 10.6 Å². The van der Waals surface area contributed by atoms with Crippen molar-refractivity contribution >= 4 is 30.3 Å². The fourth-order valence-electron chi connectivity index (χ4n) is 4.64. The molecule has 4 rings (SSSR count). The largest absolute Gasteiger partial charge is 0.341 e. The third kappa shape index (κ3) is 3.37. The van der Waals surface area contributed by atoms with Gasteiger partial charge < -0.3 is 15.5 Å². The smallest absolute Gasteiger partial charge is 0.325 e. The highest BCUT2D eigenvalue weighted by molar-refractivity contribution is 6.09. The maximum absolute atomic E-state index is 13.1. The second kappa shape index (κ2) is 8.09. The van der Waals surface area contributed by atoms with Crippen LogP contribution in [0.2, 0.25) is 0 Å². The van der Waals surface area contributed by atoms with Crippen molar-refractivity contribution in [1.29, 1.82) is 0 Å². The van der Waals surface area contributed by atoms with Crippen LogP contribution in [0.4, 0.5) is 4.79 Å². The number of aryl methyl sites for hydroxylation is 1. The second-order valence-corrected chi connectivity index (χ2v) is 7.77. The molecule has 1 aliphatic carbocycles. The number of carbonyl (C=O) groups excluding carboxylic acids is 3. The molecule has 1 aromatic carbocycles. The number of hydrogen-bond donors (Lipinski definition) is 2. The van der Waals surface area contributed by atoms with Gasteiger partial charge in [0.05, 0.1) is 0 Å². The van der Waals surface area contributed by atoms with Gasteiger partial charge in [0.15, 0.2) is 0 Å². The summed E-state index contributed by atoms with van der Waals surface area (Å²) in [5.74, 6) is 0.134. The van der Waals surface area contributed by atoms with Crippen LogP contribution >= 0.6 is 12.4 Å². The van der Waals surface area contributed by atoms with Crippen LogP contribution in [0.1, 0.15) is 30.4 Å². The van der Waals surface area contributed by atoms with Crippen molar-refractivity contribution in [2.75, 3.05) is 33.2 Å². The van der Waals surface area contributed by atoms with E-state index in [2.05, 4.69) is 10.6 Å². The number of nitrogens with one attached hydrogen (secondary N) is 2. The summed E-state index contributed by atoms with van der Waals surface area (Å²) in [6.45, 7) is 2.15. The molecule has 8 heteroatoms. The van der Waals surface area contributed by atoms with Gasteiger partial charge in [-0.1, -0.05) is 24.3 Å². The van der Waals surface area contributed by atoms with E-state index in [1.807, 2.05) is 31.3 Å². The van der Waals surface area contributed by atoms with Gasteiger partial charge in [-0.3, -0.25) is 14.5 Å². The molecule has 2 N–H and O–H groups in total. The molecule has 1 atom stereocenters. The minimum atomic E-state index is -0.992. The molecule has 2 heterocycles. The number of benzene rings is 1. The Morgan fingerprint density at radius 1 is 1.25 bits per heavy atom. The standard InChI is InChI=1S/C20H26N4O3.ClH/c1-21-12-14-7-10-23(11-8-14)17(25)13-24-18(26)20(22-19(24)27)9-6-15-4-2-3-5-16(15)20;/h2-5,14,21H,6-13H2,1H3,(H,22,27);1H. The van der Waals surface area contributed by atoms with Gasteiger partial charge in [0.2, 0.25) is 5.91 Å². The van der Waals surface area contributed by atoms with Crippen LogP contribution in [-0.4, -0.2) is 60.9 Å². The molecule has 0 radical (unpaired) electrons. The van der Waals surface area contributed by atoms with Crippen molar-refractivity contribution in [3.8, 4) is 0 Å². The zero-order chi connectivity index (χ0) is 19.0. The molecule has 1 unspecified atom stereocenters. The lowest BCUT2D eigenvalue weighted by atomic mass is 9.92. The van der Waals surface area contributed by atoms with Crippen molar-refractivity contribution in [3.63, 3.8) is 0 Å². The number of imide groups is 1. The highest BCUT2D eigenvalue weighted by Gasteiger charge is 2.55. The molecule has 0 bridgehead atoms. The number of likely N-dealkylation sites (tertiary alicyclic amines) is 1. The molecule has 1 spiro atoms. The number of hydrogen-bond acceptors (Lipinski definition) is 4. The van der Waals surface area contributed by atoms with Crippen LogP contribution in [0, 0.1) is 5.92 Å². The zero-order valence-corrected chi connectivity index (χ0v) is 16.9. The third-order valence-electron chi connectivity index (χ3n) is 6.18. The monoisotopic (exact) mass is 406 g/mol. The van der Waals surface area contributed by atoms with E-state index in [9.17, 15) is 14.4 Å². The molecular formula is C20H27ClN4O3. The van der Waals surface area contributed by atoms with E-state index >= 15 is 0 Å². The number of halogens is 1. The van der Waals surface area contributed by atoms with Crippen LogP contribution in [0.25, 0.3) is 0 Å². The minimum Gasteiger partial charge on any atom is -0.341 e. The van der Waals surface area contributed by atoms with Crippen molar-refractivity contribution in [2.24, 2.45) is 5.92 Å². The van der Waals surface area contributed by atoms with Crippen LogP contribution in [-0.2, 0) is 21.5 Å². The van der Waals surface area contributed by atoms with Crippen molar-refractivity contribution < 1.29 is 14.4 Å². The Balaban J connectivity index is 0.00000225. The summed E-state index contributed by atoms with van der Waals surface area (Å²) in [7, 11) is 1.94. The first kappa shape index (κ1) is 20.6. The molecule has 2 aliphatic heterocycles. The van der Waals surface area contributed by atoms with E-state index in [0.29, 0.717) is 25.4 Å². The normalized spacial score (nSPS) is 24.3. The van der Waals surface area contributed by atoms with E-state index in [1.165, 1.54) is 0 Å². The maximum atomic E-state index is 13.1. The summed E-state index contributed by atoms with van der Waals surface area (Å²) >= 11 is 0. The molecule has 1 aromatic rings. The molecule has 28 heavy (non-hydrogen) atoms. The average Bonchev–Trinajstić information content (AvgIpc) is 3.16. The molecule has 0 saturated carbocycles. The molecule has 7 nitrogen and oxygen atoms in total. The number of rotatable bonds is 4. The first-order valence-corrected chi connectivity index (χ1v) is 9.70. The second-order valence-electron chi connectivity index (χ2n) is 7.77. The van der Waals surface area contributed by atoms with Gasteiger partial charge >= 0.3 is 6.03 Å². The quantitative estimate of drug-likeness (QED) is 0.737. The molecule has 2 fully saturated rings. The summed E-state index contributed by atoms with van der Waals surface area (Å²) in [4.78, 5) is 41.2. The first-order valence-electron chi connectivity index (χ1n) is 9.70. The molecule has 0 aromatic heterocycles. The summed E-state index contributed by atoms with van der Waals surface area (Å²) in [6, 6.07) is 7.26. The van der Waals surface area contributed by atoms with Gasteiger partial charge in [-0.05, 0) is 56.3 Å². The van der Waals surface area contributed by atoms with E-state index in [1.54, 1.807) is 4.90 Å². The molecule has 4 amide bonds. The zero-order valence-electron chi connectivity index (χ0n) is 16.1. The molecule has 152 valence electrons. The lowest BCUT2D eigenvalue weighted by Crippen LogP contribution is -2.47. The van der Waals surface area contributed by atoms with Gasteiger partial charge in [-0.25, -0.2) is 4.79 Å². The fraction of sp³-hybridized carbons (Fsp3) is 0.550. The number of amides is 4. The van der Waals surface area contributed by atoms with E-state index in [0.717, 1.165) is 41.8 Å². The van der Waals surface area contributed by atoms with Crippen molar-refractivity contribution in [2.45, 2.75) is 31.2 Å². The van der Waals surface area contributed by atoms with Gasteiger partial charge in [0.25, 0.3) is 5.91 Å². The first-order chi connectivity index (χ1) is 13.0. The number of carbonyl (C=O) groups is 3. The lowest BCUT2D eigenvalue weighted by molar-refractivity contribution is -0.140. The van der Waals surface area contributed by atoms with Crippen LogP contribution in [0.15, 0.2) is 24.3 Å². The van der Waals surface area contributed by atoms with E-state index in [4.69, 9.17) is 0 Å². The Kier molecular flexibility index (Phi) is 5.95. The Bertz CT molecular complexity index is 778. The molecule has 2 saturated heterocycles. The average molecular weight is 407 g/mol. The third-order valence-corrected chi connectivity index (χ3v) is 6.18. The van der Waals surface area contributed by atoms with Gasteiger partial charge in [-0.2, -0.15) is 0 Å². The number of urea groups is 1. The highest BCUT2D eigenvalue weighted by Crippen LogP contribution is 2.41. The van der Waals surface area contributed by atoms with E-state index in [-0.39, 0.29) is 30.8 Å². The van der Waals surface area contributed by atoms with Crippen LogP contribution in [0.3, 0.4) is 0 Å². The van der Waals surface area contributed by atoms with Gasteiger partial charge in [-0.15, -0.1) is 12.4 Å². The molecular weight excluding hydrogens is 380 g/mol. The van der Waals surface area contributed by atoms with Gasteiger partial charge in [0.1, 0.15) is 12.1 Å². The Morgan fingerprint density at radius 2 is 1.96 bits per heavy atom. The van der Waals surface area contributed by atoms with Crippen LogP contribution in [0.5, 0.6) is 0 Å². The lowest BCUT2D eigenvalue weighted by Gasteiger charge is -2.32. The Hall–Kier alpha value is -2.12. The highest BCUT2D eigenvalue weighted by atomic mass is 35.5. The summed E-state index contributed by atoms with van der Waals surface area (Å²) < 4.78 is 0. The fourth-order valence-corrected chi connectivity index (χ4v) is 4.64. The Morgan fingerprint density at radius 3 is 2.68 bits per heavy atom. The predicted molar refractivity (Wildman–Crippen MR) is 107 cm³/mol. The SMILES string of the molecule is CNCC1CCN(C(=O)CN2C(=O)NC3(CCc4ccccc43)C2=O)CC1.Cl. The van der Waals surface area contributed by atoms with Gasteiger partial charge in [0, 0.05) is 13.1 Å². The van der Waals surface area contributed by atoms with E-state index < -0.39 is 11.6 Å². The Labute approximate surface area is 171 Å². The predicted octanol–water partition coefficient (Wildman–Crippen LogP) is 1.26. The topological polar surface area (TPSA) is 81.8 Å². The molecule has 3 aliphatic rings. The van der Waals surface area contributed by atoms with Crippen molar-refractivity contribution in [1.82, 2.24) is 20.4 Å². The van der Waals surface area contributed by atoms with Crippen molar-refractivity contribution in [3.05, 3.63) is 35.4 Å². The number of nitrogens with zero attached hydrogens (tertiary/aromatic N) is 2.